The molecule has 1 aromatic heterocycles. The number of aromatic nitrogens is 2. The summed E-state index contributed by atoms with van der Waals surface area (Å²) < 4.78 is 1.73. The van der Waals surface area contributed by atoms with Gasteiger partial charge >= 0.3 is 0 Å². The van der Waals surface area contributed by atoms with Gasteiger partial charge in [0.15, 0.2) is 0 Å². The molecule has 1 saturated heterocycles. The van der Waals surface area contributed by atoms with Crippen LogP contribution >= 0.6 is 0 Å². The summed E-state index contributed by atoms with van der Waals surface area (Å²) in [6.07, 6.45) is 2.83. The van der Waals surface area contributed by atoms with Crippen molar-refractivity contribution in [1.29, 1.82) is 0 Å². The van der Waals surface area contributed by atoms with E-state index in [4.69, 9.17) is 5.73 Å². The third-order valence-electron chi connectivity index (χ3n) is 3.89. The van der Waals surface area contributed by atoms with E-state index in [1.165, 1.54) is 0 Å². The normalized spacial score (nSPS) is 23.4. The smallest absolute Gasteiger partial charge is 0.257 e. The average Bonchev–Trinajstić information content (AvgIpc) is 2.91. The van der Waals surface area contributed by atoms with Crippen LogP contribution in [0.2, 0.25) is 0 Å². The lowest BCUT2D eigenvalue weighted by Gasteiger charge is -2.21. The second-order valence-corrected chi connectivity index (χ2v) is 5.90. The van der Waals surface area contributed by atoms with E-state index < -0.39 is 0 Å². The van der Waals surface area contributed by atoms with Crippen molar-refractivity contribution in [2.45, 2.75) is 39.2 Å². The zero-order valence-electron chi connectivity index (χ0n) is 12.3. The fourth-order valence-electron chi connectivity index (χ4n) is 2.85. The number of likely N-dealkylation sites (tertiary alicyclic amines) is 1. The minimum absolute atomic E-state index is 0.0975. The van der Waals surface area contributed by atoms with Crippen LogP contribution in [0.3, 0.4) is 0 Å². The number of amides is 1. The lowest BCUT2D eigenvalue weighted by atomic mass is 10.1. The second-order valence-electron chi connectivity index (χ2n) is 5.90. The van der Waals surface area contributed by atoms with Gasteiger partial charge in [-0.15, -0.1) is 0 Å². The summed E-state index contributed by atoms with van der Waals surface area (Å²) >= 11 is 0. The summed E-state index contributed by atoms with van der Waals surface area (Å²) in [5.74, 6) is 0.779. The molecule has 2 atom stereocenters. The quantitative estimate of drug-likeness (QED) is 0.896. The minimum atomic E-state index is 0.0975. The van der Waals surface area contributed by atoms with Crippen LogP contribution in [0.1, 0.15) is 49.2 Å². The molecule has 0 aromatic carbocycles. The first-order valence-corrected chi connectivity index (χ1v) is 6.98. The Morgan fingerprint density at radius 3 is 2.79 bits per heavy atom. The number of rotatable bonds is 3. The summed E-state index contributed by atoms with van der Waals surface area (Å²) in [5.41, 5.74) is 7.35. The van der Waals surface area contributed by atoms with Crippen molar-refractivity contribution in [3.63, 3.8) is 0 Å². The Labute approximate surface area is 114 Å². The van der Waals surface area contributed by atoms with Gasteiger partial charge in [0.25, 0.3) is 5.91 Å². The van der Waals surface area contributed by atoms with E-state index in [1.54, 1.807) is 4.68 Å². The molecule has 0 aliphatic carbocycles. The molecule has 1 fully saturated rings. The van der Waals surface area contributed by atoms with E-state index in [2.05, 4.69) is 25.9 Å². The summed E-state index contributed by atoms with van der Waals surface area (Å²) in [4.78, 5) is 14.6. The van der Waals surface area contributed by atoms with E-state index >= 15 is 0 Å². The predicted octanol–water partition coefficient (Wildman–Crippen LogP) is 1.35. The number of hydrogen-bond acceptors (Lipinski definition) is 3. The first-order chi connectivity index (χ1) is 8.93. The molecular formula is C14H24N4O. The van der Waals surface area contributed by atoms with Crippen molar-refractivity contribution in [2.24, 2.45) is 18.7 Å². The third-order valence-corrected chi connectivity index (χ3v) is 3.89. The molecule has 1 aliphatic rings. The molecule has 2 unspecified atom stereocenters. The largest absolute Gasteiger partial charge is 0.335 e. The maximum Gasteiger partial charge on any atom is 0.257 e. The molecular weight excluding hydrogens is 240 g/mol. The molecule has 2 heterocycles. The molecule has 2 rings (SSSR count). The van der Waals surface area contributed by atoms with Crippen LogP contribution in [-0.4, -0.2) is 39.7 Å². The van der Waals surface area contributed by atoms with Gasteiger partial charge in [-0.2, -0.15) is 5.10 Å². The summed E-state index contributed by atoms with van der Waals surface area (Å²) in [7, 11) is 1.86. The Hall–Kier alpha value is -1.36. The molecule has 0 bridgehead atoms. The lowest BCUT2D eigenvalue weighted by Crippen LogP contribution is -2.34. The number of aryl methyl sites for hydroxylation is 1. The van der Waals surface area contributed by atoms with Gasteiger partial charge in [-0.25, -0.2) is 0 Å². The van der Waals surface area contributed by atoms with Gasteiger partial charge in [0.2, 0.25) is 0 Å². The van der Waals surface area contributed by atoms with Gasteiger partial charge < -0.3 is 10.6 Å². The molecule has 1 aliphatic heterocycles. The highest BCUT2D eigenvalue weighted by molar-refractivity contribution is 5.95. The average molecular weight is 264 g/mol. The highest BCUT2D eigenvalue weighted by Gasteiger charge is 2.33. The number of hydrogen-bond donors (Lipinski definition) is 1. The van der Waals surface area contributed by atoms with Crippen molar-refractivity contribution >= 4 is 5.91 Å². The number of nitrogens with zero attached hydrogens (tertiary/aromatic N) is 3. The number of carbonyl (C=O) groups is 1. The summed E-state index contributed by atoms with van der Waals surface area (Å²) in [5, 5.41) is 4.41. The third kappa shape index (κ3) is 2.66. The second kappa shape index (κ2) is 5.33. The fourth-order valence-corrected chi connectivity index (χ4v) is 2.85. The molecule has 1 aromatic rings. The Kier molecular flexibility index (Phi) is 3.94. The summed E-state index contributed by atoms with van der Waals surface area (Å²) in [6, 6.07) is 0.265. The lowest BCUT2D eigenvalue weighted by molar-refractivity contribution is 0.0742. The van der Waals surface area contributed by atoms with Gasteiger partial charge in [-0.3, -0.25) is 9.48 Å². The van der Waals surface area contributed by atoms with Gasteiger partial charge in [-0.1, -0.05) is 13.8 Å². The molecule has 5 nitrogen and oxygen atoms in total. The number of carbonyl (C=O) groups excluding carboxylic acids is 1. The molecule has 5 heteroatoms. The van der Waals surface area contributed by atoms with Crippen LogP contribution in [-0.2, 0) is 7.05 Å². The van der Waals surface area contributed by atoms with E-state index in [-0.39, 0.29) is 17.9 Å². The maximum atomic E-state index is 12.7. The molecule has 1 amide bonds. The molecule has 19 heavy (non-hydrogen) atoms. The Morgan fingerprint density at radius 1 is 1.58 bits per heavy atom. The Morgan fingerprint density at radius 2 is 2.26 bits per heavy atom. The van der Waals surface area contributed by atoms with Gasteiger partial charge in [0.1, 0.15) is 0 Å². The van der Waals surface area contributed by atoms with E-state index in [0.29, 0.717) is 12.5 Å². The predicted molar refractivity (Wildman–Crippen MR) is 75.0 cm³/mol. The van der Waals surface area contributed by atoms with E-state index in [9.17, 15) is 4.79 Å². The van der Waals surface area contributed by atoms with Crippen LogP contribution < -0.4 is 5.73 Å². The van der Waals surface area contributed by atoms with Crippen LogP contribution in [0.25, 0.3) is 0 Å². The number of nitrogens with two attached hydrogens (primary N) is 1. The van der Waals surface area contributed by atoms with Gasteiger partial charge in [0, 0.05) is 25.8 Å². The van der Waals surface area contributed by atoms with Crippen molar-refractivity contribution in [2.75, 3.05) is 13.1 Å². The van der Waals surface area contributed by atoms with Crippen LogP contribution in [0.5, 0.6) is 0 Å². The minimum Gasteiger partial charge on any atom is -0.335 e. The van der Waals surface area contributed by atoms with Gasteiger partial charge in [0.05, 0.1) is 11.3 Å². The van der Waals surface area contributed by atoms with Crippen molar-refractivity contribution in [1.82, 2.24) is 14.7 Å². The van der Waals surface area contributed by atoms with Crippen LogP contribution in [0.4, 0.5) is 0 Å². The maximum absolute atomic E-state index is 12.7. The first-order valence-electron chi connectivity index (χ1n) is 6.98. The molecule has 2 N–H and O–H groups in total. The zero-order chi connectivity index (χ0) is 14.2. The van der Waals surface area contributed by atoms with E-state index in [0.717, 1.165) is 24.2 Å². The first kappa shape index (κ1) is 14.1. The highest BCUT2D eigenvalue weighted by Crippen LogP contribution is 2.26. The van der Waals surface area contributed by atoms with Crippen LogP contribution in [0.15, 0.2) is 6.20 Å². The van der Waals surface area contributed by atoms with Crippen molar-refractivity contribution in [3.8, 4) is 0 Å². The zero-order valence-corrected chi connectivity index (χ0v) is 12.3. The fraction of sp³-hybridized carbons (Fsp3) is 0.714. The monoisotopic (exact) mass is 264 g/mol. The molecule has 0 saturated carbocycles. The topological polar surface area (TPSA) is 64.2 Å². The SMILES string of the molecule is CC(C)c1nn(C)cc1C(=O)N1CC(CN)CC1C. The molecule has 0 radical (unpaired) electrons. The van der Waals surface area contributed by atoms with Gasteiger partial charge in [-0.05, 0) is 31.7 Å². The van der Waals surface area contributed by atoms with E-state index in [1.807, 2.05) is 18.1 Å². The Balaban J connectivity index is 2.25. The summed E-state index contributed by atoms with van der Waals surface area (Å²) in [6.45, 7) is 7.64. The Bertz CT molecular complexity index is 466. The standard InChI is InChI=1S/C14H24N4O/c1-9(2)13-12(8-17(4)16-13)14(19)18-7-11(6-15)5-10(18)3/h8-11H,5-7,15H2,1-4H3. The van der Waals surface area contributed by atoms with Crippen LogP contribution in [0, 0.1) is 5.92 Å². The van der Waals surface area contributed by atoms with Crippen molar-refractivity contribution in [3.05, 3.63) is 17.5 Å². The van der Waals surface area contributed by atoms with Crippen molar-refractivity contribution < 1.29 is 4.79 Å². The molecule has 0 spiro atoms. The highest BCUT2D eigenvalue weighted by atomic mass is 16.2. The molecule has 106 valence electrons.